The second kappa shape index (κ2) is 5.81. The van der Waals surface area contributed by atoms with Gasteiger partial charge in [-0.1, -0.05) is 34.0 Å². The third-order valence-corrected chi connectivity index (χ3v) is 3.20. The predicted octanol–water partition coefficient (Wildman–Crippen LogP) is 3.11. The highest BCUT2D eigenvalue weighted by Crippen LogP contribution is 2.24. The molecule has 1 aromatic heterocycles. The van der Waals surface area contributed by atoms with E-state index in [2.05, 4.69) is 56.3 Å². The second-order valence-electron chi connectivity index (χ2n) is 3.64. The Hall–Kier alpha value is -1.37. The van der Waals surface area contributed by atoms with E-state index in [0.29, 0.717) is 6.54 Å². The highest BCUT2D eigenvalue weighted by Gasteiger charge is 2.04. The summed E-state index contributed by atoms with van der Waals surface area (Å²) in [6.07, 6.45) is 1.82. The van der Waals surface area contributed by atoms with Crippen LogP contribution < -0.4 is 5.32 Å². The normalized spacial score (nSPS) is 10.0. The molecular formula is C14H13BrN2. The van der Waals surface area contributed by atoms with Gasteiger partial charge in [0.15, 0.2) is 0 Å². The van der Waals surface area contributed by atoms with Crippen LogP contribution in [0.5, 0.6) is 0 Å². The van der Waals surface area contributed by atoms with Crippen molar-refractivity contribution < 1.29 is 0 Å². The molecule has 1 N–H and O–H groups in total. The Kier molecular flexibility index (Phi) is 4.13. The molecule has 2 aromatic rings. The van der Waals surface area contributed by atoms with E-state index >= 15 is 0 Å². The number of rotatable bonds is 3. The van der Waals surface area contributed by atoms with Crippen molar-refractivity contribution in [3.05, 3.63) is 40.5 Å². The van der Waals surface area contributed by atoms with E-state index in [1.807, 2.05) is 19.2 Å². The van der Waals surface area contributed by atoms with Gasteiger partial charge in [-0.3, -0.25) is 4.98 Å². The van der Waals surface area contributed by atoms with Crippen LogP contribution in [0.1, 0.15) is 12.5 Å². The van der Waals surface area contributed by atoms with Gasteiger partial charge in [0.1, 0.15) is 0 Å². The molecule has 17 heavy (non-hydrogen) atoms. The summed E-state index contributed by atoms with van der Waals surface area (Å²) in [5, 5.41) is 4.43. The van der Waals surface area contributed by atoms with Crippen molar-refractivity contribution in [2.24, 2.45) is 0 Å². The number of aromatic nitrogens is 1. The summed E-state index contributed by atoms with van der Waals surface area (Å²) in [6, 6.07) is 8.17. The minimum absolute atomic E-state index is 0.709. The summed E-state index contributed by atoms with van der Waals surface area (Å²) in [5.41, 5.74) is 2.24. The number of fused-ring (bicyclic) bond motifs is 1. The van der Waals surface area contributed by atoms with Crippen LogP contribution in [0.2, 0.25) is 0 Å². The summed E-state index contributed by atoms with van der Waals surface area (Å²) < 4.78 is 1.08. The summed E-state index contributed by atoms with van der Waals surface area (Å²) in [4.78, 5) is 4.43. The van der Waals surface area contributed by atoms with Gasteiger partial charge in [0.25, 0.3) is 0 Å². The van der Waals surface area contributed by atoms with Crippen LogP contribution in [0.15, 0.2) is 34.9 Å². The Balaban J connectivity index is 2.27. The Labute approximate surface area is 110 Å². The van der Waals surface area contributed by atoms with E-state index in [4.69, 9.17) is 0 Å². The fraction of sp³-hybridized carbons (Fsp3) is 0.214. The van der Waals surface area contributed by atoms with E-state index in [0.717, 1.165) is 21.9 Å². The third kappa shape index (κ3) is 2.85. The largest absolute Gasteiger partial charge is 0.302 e. The van der Waals surface area contributed by atoms with Crippen molar-refractivity contribution in [2.75, 3.05) is 6.54 Å². The molecule has 0 spiro atoms. The Morgan fingerprint density at radius 3 is 3.06 bits per heavy atom. The first kappa shape index (κ1) is 12.1. The number of benzene rings is 1. The molecule has 0 aliphatic carbocycles. The minimum atomic E-state index is 0.709. The molecule has 0 radical (unpaired) electrons. The summed E-state index contributed by atoms with van der Waals surface area (Å²) in [5.74, 6) is 5.85. The van der Waals surface area contributed by atoms with Crippen molar-refractivity contribution in [3.8, 4) is 11.8 Å². The molecule has 0 unspecified atom stereocenters. The molecule has 0 saturated heterocycles. The van der Waals surface area contributed by atoms with Gasteiger partial charge in [0.05, 0.1) is 12.1 Å². The van der Waals surface area contributed by atoms with Crippen molar-refractivity contribution in [1.29, 1.82) is 0 Å². The molecule has 1 aromatic carbocycles. The lowest BCUT2D eigenvalue weighted by molar-refractivity contribution is 0.773. The first-order valence-corrected chi connectivity index (χ1v) is 6.24. The summed E-state index contributed by atoms with van der Waals surface area (Å²) in [7, 11) is 0. The van der Waals surface area contributed by atoms with Crippen molar-refractivity contribution >= 4 is 26.8 Å². The molecule has 0 atom stereocenters. The maximum Gasteiger partial charge on any atom is 0.0758 e. The minimum Gasteiger partial charge on any atom is -0.302 e. The average Bonchev–Trinajstić information content (AvgIpc) is 2.37. The quantitative estimate of drug-likeness (QED) is 0.693. The topological polar surface area (TPSA) is 24.9 Å². The van der Waals surface area contributed by atoms with E-state index < -0.39 is 0 Å². The number of pyridine rings is 1. The smallest absolute Gasteiger partial charge is 0.0758 e. The Morgan fingerprint density at radius 2 is 2.24 bits per heavy atom. The zero-order valence-corrected chi connectivity index (χ0v) is 11.2. The van der Waals surface area contributed by atoms with Gasteiger partial charge < -0.3 is 5.32 Å². The summed E-state index contributed by atoms with van der Waals surface area (Å²) in [6.45, 7) is 3.34. The van der Waals surface area contributed by atoms with E-state index in [1.165, 1.54) is 5.56 Å². The van der Waals surface area contributed by atoms with Crippen LogP contribution in [0, 0.1) is 11.8 Å². The van der Waals surface area contributed by atoms with Crippen molar-refractivity contribution in [3.63, 3.8) is 0 Å². The molecule has 86 valence electrons. The maximum atomic E-state index is 4.43. The SMILES string of the molecule is CC#CCNCc1ccc(Br)c2cccnc12. The van der Waals surface area contributed by atoms with Crippen LogP contribution in [-0.2, 0) is 6.54 Å². The van der Waals surface area contributed by atoms with Crippen LogP contribution >= 0.6 is 15.9 Å². The Bertz CT molecular complexity index is 582. The second-order valence-corrected chi connectivity index (χ2v) is 4.49. The van der Waals surface area contributed by atoms with Gasteiger partial charge in [-0.25, -0.2) is 0 Å². The lowest BCUT2D eigenvalue weighted by Gasteiger charge is -2.07. The lowest BCUT2D eigenvalue weighted by Crippen LogP contribution is -2.13. The monoisotopic (exact) mass is 288 g/mol. The average molecular weight is 289 g/mol. The highest BCUT2D eigenvalue weighted by molar-refractivity contribution is 9.10. The predicted molar refractivity (Wildman–Crippen MR) is 74.6 cm³/mol. The fourth-order valence-corrected chi connectivity index (χ4v) is 2.14. The van der Waals surface area contributed by atoms with Gasteiger partial charge in [0, 0.05) is 22.6 Å². The molecule has 1 heterocycles. The number of hydrogen-bond acceptors (Lipinski definition) is 2. The molecule has 0 fully saturated rings. The van der Waals surface area contributed by atoms with Crippen LogP contribution in [0.4, 0.5) is 0 Å². The Morgan fingerprint density at radius 1 is 1.35 bits per heavy atom. The van der Waals surface area contributed by atoms with Crippen molar-refractivity contribution in [1.82, 2.24) is 10.3 Å². The van der Waals surface area contributed by atoms with Crippen molar-refractivity contribution in [2.45, 2.75) is 13.5 Å². The molecule has 0 bridgehead atoms. The van der Waals surface area contributed by atoms with Gasteiger partial charge in [0.2, 0.25) is 0 Å². The maximum absolute atomic E-state index is 4.43. The van der Waals surface area contributed by atoms with Crippen LogP contribution in [0.25, 0.3) is 10.9 Å². The zero-order chi connectivity index (χ0) is 12.1. The molecule has 0 aliphatic rings. The number of nitrogens with one attached hydrogen (secondary N) is 1. The van der Waals surface area contributed by atoms with Gasteiger partial charge in [-0.2, -0.15) is 0 Å². The number of nitrogens with zero attached hydrogens (tertiary/aromatic N) is 1. The summed E-state index contributed by atoms with van der Waals surface area (Å²) >= 11 is 3.54. The van der Waals surface area contributed by atoms with Crippen LogP contribution in [-0.4, -0.2) is 11.5 Å². The van der Waals surface area contributed by atoms with E-state index in [1.54, 1.807) is 0 Å². The molecule has 0 aliphatic heterocycles. The van der Waals surface area contributed by atoms with Gasteiger partial charge in [-0.15, -0.1) is 5.92 Å². The first-order chi connectivity index (χ1) is 8.33. The molecule has 3 heteroatoms. The standard InChI is InChI=1S/C14H13BrN2/c1-2-3-8-16-10-11-6-7-13(15)12-5-4-9-17-14(11)12/h4-7,9,16H,8,10H2,1H3. The first-order valence-electron chi connectivity index (χ1n) is 5.45. The van der Waals surface area contributed by atoms with Gasteiger partial charge in [-0.05, 0) is 24.6 Å². The van der Waals surface area contributed by atoms with E-state index in [-0.39, 0.29) is 0 Å². The lowest BCUT2D eigenvalue weighted by atomic mass is 10.1. The molecule has 0 saturated carbocycles. The number of hydrogen-bond donors (Lipinski definition) is 1. The number of halogens is 1. The molecule has 0 amide bonds. The van der Waals surface area contributed by atoms with E-state index in [9.17, 15) is 0 Å². The zero-order valence-electron chi connectivity index (χ0n) is 9.63. The molecule has 2 rings (SSSR count). The fourth-order valence-electron chi connectivity index (χ4n) is 1.69. The molecular weight excluding hydrogens is 276 g/mol. The highest BCUT2D eigenvalue weighted by atomic mass is 79.9. The van der Waals surface area contributed by atoms with Crippen LogP contribution in [0.3, 0.4) is 0 Å². The molecule has 2 nitrogen and oxygen atoms in total. The van der Waals surface area contributed by atoms with Gasteiger partial charge >= 0.3 is 0 Å². The third-order valence-electron chi connectivity index (χ3n) is 2.51.